The number of hydrogen-bond donors (Lipinski definition) is 3. The van der Waals surface area contributed by atoms with Crippen LogP contribution in [0.1, 0.15) is 62.9 Å². The normalized spacial score (nSPS) is 34.8. The van der Waals surface area contributed by atoms with E-state index in [9.17, 15) is 14.7 Å². The number of esters is 1. The molecule has 43 heavy (non-hydrogen) atoms. The maximum atomic E-state index is 14.1. The Labute approximate surface area is 252 Å². The second kappa shape index (κ2) is 10.8. The van der Waals surface area contributed by atoms with Gasteiger partial charge in [0, 0.05) is 30.1 Å². The van der Waals surface area contributed by atoms with E-state index in [1.54, 1.807) is 6.07 Å². The van der Waals surface area contributed by atoms with E-state index in [1.165, 1.54) is 38.3 Å². The highest BCUT2D eigenvalue weighted by atomic mass is 16.7. The average molecular weight is 588 g/mol. The van der Waals surface area contributed by atoms with Crippen LogP contribution in [0, 0.1) is 34.0 Å². The first kappa shape index (κ1) is 29.4. The van der Waals surface area contributed by atoms with Crippen LogP contribution in [0.3, 0.4) is 0 Å². The van der Waals surface area contributed by atoms with E-state index in [1.807, 2.05) is 37.3 Å². The van der Waals surface area contributed by atoms with E-state index in [2.05, 4.69) is 18.3 Å². The van der Waals surface area contributed by atoms with Gasteiger partial charge in [0.2, 0.25) is 5.76 Å². The summed E-state index contributed by atoms with van der Waals surface area (Å²) >= 11 is 0. The van der Waals surface area contributed by atoms with Gasteiger partial charge in [-0.05, 0) is 97.6 Å². The number of carbonyl (C=O) groups is 2. The van der Waals surface area contributed by atoms with Crippen LogP contribution < -0.4 is 5.32 Å². The van der Waals surface area contributed by atoms with Crippen molar-refractivity contribution in [1.82, 2.24) is 5.06 Å². The van der Waals surface area contributed by atoms with E-state index in [-0.39, 0.29) is 28.9 Å². The lowest BCUT2D eigenvalue weighted by atomic mass is 9.45. The van der Waals surface area contributed by atoms with Gasteiger partial charge in [0.05, 0.1) is 19.5 Å². The summed E-state index contributed by atoms with van der Waals surface area (Å²) in [6.07, 6.45) is 7.95. The largest absolute Gasteiger partial charge is 0.457 e. The Balaban J connectivity index is 1.35. The molecular formula is C34H41N3O6. The van der Waals surface area contributed by atoms with Gasteiger partial charge < -0.3 is 25.0 Å². The van der Waals surface area contributed by atoms with Crippen LogP contribution in [0.4, 0.5) is 5.69 Å². The number of nitrogens with one attached hydrogen (secondary N) is 2. The molecule has 0 bridgehead atoms. The van der Waals surface area contributed by atoms with E-state index >= 15 is 0 Å². The summed E-state index contributed by atoms with van der Waals surface area (Å²) in [5.74, 6) is -1.03. The van der Waals surface area contributed by atoms with Crippen LogP contribution in [0.2, 0.25) is 0 Å². The molecule has 0 saturated heterocycles. The summed E-state index contributed by atoms with van der Waals surface area (Å²) in [6, 6.07) is 13.1. The topological polar surface area (TPSA) is 125 Å². The molecule has 9 heteroatoms. The highest BCUT2D eigenvalue weighted by molar-refractivity contribution is 5.93. The van der Waals surface area contributed by atoms with Crippen molar-refractivity contribution in [2.24, 2.45) is 28.6 Å². The summed E-state index contributed by atoms with van der Waals surface area (Å²) in [5, 5.41) is 25.0. The van der Waals surface area contributed by atoms with Gasteiger partial charge in [-0.2, -0.15) is 0 Å². The Morgan fingerprint density at radius 3 is 2.60 bits per heavy atom. The smallest absolute Gasteiger partial charge is 0.375 e. The minimum atomic E-state index is -1.52. The molecule has 1 amide bonds. The van der Waals surface area contributed by atoms with E-state index in [0.29, 0.717) is 25.7 Å². The highest BCUT2D eigenvalue weighted by Crippen LogP contribution is 2.68. The van der Waals surface area contributed by atoms with Gasteiger partial charge in [-0.25, -0.2) is 9.86 Å². The number of allylic oxidation sites excluding steroid dienone is 3. The lowest BCUT2D eigenvalue weighted by molar-refractivity contribution is -0.213. The maximum absolute atomic E-state index is 14.1. The number of hydrogen-bond acceptors (Lipinski definition) is 8. The molecule has 1 aromatic carbocycles. The fourth-order valence-corrected chi connectivity index (χ4v) is 9.11. The number of benzene rings is 1. The molecule has 4 aliphatic carbocycles. The Morgan fingerprint density at radius 1 is 1.16 bits per heavy atom. The SMILES string of the molecule is CON(C)C(=O)[C@@]1(OC(=O)c2ccco2)CCC2C3CCC4=CC(Nc5ccccc5)=C(C=N)CC4(C)C3C(O)C[C@@]21C. The van der Waals surface area contributed by atoms with Crippen molar-refractivity contribution in [2.45, 2.75) is 64.1 Å². The molecule has 1 aromatic heterocycles. The van der Waals surface area contributed by atoms with Crippen LogP contribution in [0.15, 0.2) is 76.1 Å². The van der Waals surface area contributed by atoms with Gasteiger partial charge in [-0.15, -0.1) is 0 Å². The summed E-state index contributed by atoms with van der Waals surface area (Å²) in [5.41, 5.74) is 1.39. The molecule has 4 aliphatic rings. The zero-order chi connectivity index (χ0) is 30.6. The first-order valence-corrected chi connectivity index (χ1v) is 15.1. The minimum Gasteiger partial charge on any atom is -0.457 e. The third-order valence-corrected chi connectivity index (χ3v) is 11.1. The molecule has 0 radical (unpaired) electrons. The first-order chi connectivity index (χ1) is 20.6. The zero-order valence-corrected chi connectivity index (χ0v) is 25.3. The quantitative estimate of drug-likeness (QED) is 0.214. The fraction of sp³-hybridized carbons (Fsp3) is 0.500. The molecule has 2 aromatic rings. The third-order valence-electron chi connectivity index (χ3n) is 11.1. The van der Waals surface area contributed by atoms with Gasteiger partial charge in [-0.1, -0.05) is 37.6 Å². The predicted molar refractivity (Wildman–Crippen MR) is 161 cm³/mol. The fourth-order valence-electron chi connectivity index (χ4n) is 9.11. The van der Waals surface area contributed by atoms with Gasteiger partial charge in [0.25, 0.3) is 5.91 Å². The Hall–Kier alpha value is -3.69. The number of furan rings is 1. The molecule has 3 saturated carbocycles. The number of aliphatic hydroxyl groups is 1. The predicted octanol–water partition coefficient (Wildman–Crippen LogP) is 5.75. The summed E-state index contributed by atoms with van der Waals surface area (Å²) in [7, 11) is 2.94. The van der Waals surface area contributed by atoms with Gasteiger partial charge in [0.1, 0.15) is 0 Å². The second-order valence-electron chi connectivity index (χ2n) is 13.1. The van der Waals surface area contributed by atoms with E-state index in [0.717, 1.165) is 34.9 Å². The number of amides is 1. The molecular weight excluding hydrogens is 546 g/mol. The number of fused-ring (bicyclic) bond motifs is 5. The van der Waals surface area contributed by atoms with Crippen molar-refractivity contribution in [3.63, 3.8) is 0 Å². The number of likely N-dealkylation sites (N-methyl/N-ethyl adjacent to an activating group) is 1. The average Bonchev–Trinajstić information content (AvgIpc) is 3.64. The lowest BCUT2D eigenvalue weighted by Crippen LogP contribution is -2.64. The molecule has 7 atom stereocenters. The molecule has 0 aliphatic heterocycles. The Morgan fingerprint density at radius 2 is 1.93 bits per heavy atom. The van der Waals surface area contributed by atoms with Crippen molar-refractivity contribution in [3.05, 3.63) is 77.4 Å². The summed E-state index contributed by atoms with van der Waals surface area (Å²) in [6.45, 7) is 4.23. The molecule has 3 fully saturated rings. The maximum Gasteiger partial charge on any atom is 0.375 e. The zero-order valence-electron chi connectivity index (χ0n) is 25.3. The van der Waals surface area contributed by atoms with Crippen molar-refractivity contribution in [3.8, 4) is 0 Å². The van der Waals surface area contributed by atoms with Crippen LogP contribution in [0.25, 0.3) is 0 Å². The van der Waals surface area contributed by atoms with E-state index < -0.39 is 29.0 Å². The van der Waals surface area contributed by atoms with Gasteiger partial charge in [-0.3, -0.25) is 9.63 Å². The number of para-hydroxylation sites is 1. The number of ether oxygens (including phenoxy) is 1. The second-order valence-corrected chi connectivity index (χ2v) is 13.1. The van der Waals surface area contributed by atoms with E-state index in [4.69, 9.17) is 19.4 Å². The minimum absolute atomic E-state index is 0.0292. The van der Waals surface area contributed by atoms with Gasteiger partial charge >= 0.3 is 5.97 Å². The van der Waals surface area contributed by atoms with Crippen molar-refractivity contribution in [1.29, 1.82) is 5.41 Å². The molecule has 9 nitrogen and oxygen atoms in total. The van der Waals surface area contributed by atoms with Crippen LogP contribution in [0.5, 0.6) is 0 Å². The molecule has 6 rings (SSSR count). The van der Waals surface area contributed by atoms with Crippen molar-refractivity contribution < 1.29 is 28.7 Å². The molecule has 5 unspecified atom stereocenters. The highest BCUT2D eigenvalue weighted by Gasteiger charge is 2.71. The van der Waals surface area contributed by atoms with Gasteiger partial charge in [0.15, 0.2) is 5.60 Å². The first-order valence-electron chi connectivity index (χ1n) is 15.1. The third kappa shape index (κ3) is 4.47. The molecule has 0 spiro atoms. The van der Waals surface area contributed by atoms with Crippen molar-refractivity contribution >= 4 is 23.8 Å². The van der Waals surface area contributed by atoms with Crippen LogP contribution in [-0.2, 0) is 14.4 Å². The summed E-state index contributed by atoms with van der Waals surface area (Å²) in [4.78, 5) is 32.7. The molecule has 228 valence electrons. The standard InChI is InChI=1S/C34H41N3O6/c1-32-18-21(20-35)26(36-23-9-6-5-7-10-23)17-22(32)12-13-24-25-14-15-34(31(40)37(3)41-4,33(25,2)19-27(38)29(24)32)43-30(39)28-11-8-16-42-28/h5-11,16-17,20,24-25,27,29,35-36,38H,12-15,18-19H2,1-4H3/t24?,25?,27?,29?,32?,33-,34-/m0/s1. The lowest BCUT2D eigenvalue weighted by Gasteiger charge is -2.60. The number of anilines is 1. The number of carbonyl (C=O) groups excluding carboxylic acids is 2. The van der Waals surface area contributed by atoms with Crippen LogP contribution >= 0.6 is 0 Å². The number of rotatable bonds is 7. The molecule has 1 heterocycles. The number of aliphatic hydroxyl groups excluding tert-OH is 1. The summed E-state index contributed by atoms with van der Waals surface area (Å²) < 4.78 is 11.5. The molecule has 3 N–H and O–H groups in total. The number of hydroxylamine groups is 2. The Bertz CT molecular complexity index is 1470. The van der Waals surface area contributed by atoms with Crippen LogP contribution in [-0.4, -0.2) is 54.1 Å². The number of nitrogens with zero attached hydrogens (tertiary/aromatic N) is 1. The Kier molecular flexibility index (Phi) is 7.37. The monoisotopic (exact) mass is 587 g/mol. The van der Waals surface area contributed by atoms with Crippen molar-refractivity contribution in [2.75, 3.05) is 19.5 Å².